The van der Waals surface area contributed by atoms with Crippen LogP contribution in [0.1, 0.15) is 45.0 Å². The van der Waals surface area contributed by atoms with Crippen LogP contribution in [-0.4, -0.2) is 40.5 Å². The molecular weight excluding hydrogens is 392 g/mol. The maximum Gasteiger partial charge on any atom is 0.154 e. The van der Waals surface area contributed by atoms with Crippen LogP contribution in [0.4, 0.5) is 5.82 Å². The fraction of sp³-hybridized carbons (Fsp3) is 0.360. The van der Waals surface area contributed by atoms with Gasteiger partial charge in [-0.2, -0.15) is 0 Å². The molecule has 0 spiro atoms. The minimum absolute atomic E-state index is 0.320. The Balaban J connectivity index is 1.79. The van der Waals surface area contributed by atoms with Crippen LogP contribution in [0.3, 0.4) is 0 Å². The van der Waals surface area contributed by atoms with Crippen molar-refractivity contribution in [2.75, 3.05) is 25.0 Å². The van der Waals surface area contributed by atoms with Crippen molar-refractivity contribution in [3.8, 4) is 0 Å². The number of benzene rings is 2. The summed E-state index contributed by atoms with van der Waals surface area (Å²) in [6.07, 6.45) is 6.23. The minimum Gasteiger partial charge on any atom is -0.367 e. The standard InChI is InChI=1S/C25H31ClN4/c1-4-30(5-2)17-9-10-19(3)27-25-22-15-14-21(26)18-23(22)28-24(29-25)16-13-20-11-7-6-8-12-20/h6-8,11-16,18-19H,4-5,9-10,17H2,1-3H3,(H,27,28,29). The quantitative estimate of drug-likeness (QED) is 0.411. The van der Waals surface area contributed by atoms with Crippen molar-refractivity contribution in [1.29, 1.82) is 0 Å². The van der Waals surface area contributed by atoms with Gasteiger partial charge in [0, 0.05) is 16.5 Å². The molecule has 30 heavy (non-hydrogen) atoms. The predicted molar refractivity (Wildman–Crippen MR) is 130 cm³/mol. The van der Waals surface area contributed by atoms with Crippen LogP contribution in [0.25, 0.3) is 23.1 Å². The predicted octanol–water partition coefficient (Wildman–Crippen LogP) is 6.38. The molecule has 0 saturated heterocycles. The van der Waals surface area contributed by atoms with E-state index in [0.29, 0.717) is 16.9 Å². The number of halogens is 1. The highest BCUT2D eigenvalue weighted by Crippen LogP contribution is 2.25. The maximum atomic E-state index is 6.22. The van der Waals surface area contributed by atoms with Crippen LogP contribution in [0.15, 0.2) is 48.5 Å². The number of hydrogen-bond acceptors (Lipinski definition) is 4. The Morgan fingerprint density at radius 3 is 2.53 bits per heavy atom. The van der Waals surface area contributed by atoms with Crippen molar-refractivity contribution in [3.05, 3.63) is 64.9 Å². The molecule has 0 aliphatic rings. The lowest BCUT2D eigenvalue weighted by molar-refractivity contribution is 0.295. The molecule has 0 fully saturated rings. The largest absolute Gasteiger partial charge is 0.367 e. The Morgan fingerprint density at radius 1 is 1.03 bits per heavy atom. The number of rotatable bonds is 10. The van der Waals surface area contributed by atoms with E-state index in [1.807, 2.05) is 48.6 Å². The normalized spacial score (nSPS) is 12.7. The van der Waals surface area contributed by atoms with Gasteiger partial charge in [0.05, 0.1) is 5.52 Å². The number of fused-ring (bicyclic) bond motifs is 1. The van der Waals surface area contributed by atoms with E-state index in [9.17, 15) is 0 Å². The molecule has 1 aromatic heterocycles. The van der Waals surface area contributed by atoms with Gasteiger partial charge in [0.25, 0.3) is 0 Å². The van der Waals surface area contributed by atoms with Crippen molar-refractivity contribution in [3.63, 3.8) is 0 Å². The molecule has 1 heterocycles. The van der Waals surface area contributed by atoms with Gasteiger partial charge in [-0.25, -0.2) is 9.97 Å². The number of nitrogens with one attached hydrogen (secondary N) is 1. The summed E-state index contributed by atoms with van der Waals surface area (Å²) in [5, 5.41) is 5.28. The molecule has 5 heteroatoms. The van der Waals surface area contributed by atoms with E-state index in [4.69, 9.17) is 21.6 Å². The highest BCUT2D eigenvalue weighted by Gasteiger charge is 2.11. The van der Waals surface area contributed by atoms with Gasteiger partial charge >= 0.3 is 0 Å². The monoisotopic (exact) mass is 422 g/mol. The molecule has 0 radical (unpaired) electrons. The van der Waals surface area contributed by atoms with E-state index in [1.54, 1.807) is 0 Å². The maximum absolute atomic E-state index is 6.22. The first-order valence-corrected chi connectivity index (χ1v) is 11.2. The highest BCUT2D eigenvalue weighted by molar-refractivity contribution is 6.31. The van der Waals surface area contributed by atoms with E-state index >= 15 is 0 Å². The van der Waals surface area contributed by atoms with Gasteiger partial charge < -0.3 is 10.2 Å². The molecule has 4 nitrogen and oxygen atoms in total. The number of hydrogen-bond donors (Lipinski definition) is 1. The van der Waals surface area contributed by atoms with Gasteiger partial charge in [0.1, 0.15) is 5.82 Å². The Bertz CT molecular complexity index is 968. The van der Waals surface area contributed by atoms with Crippen LogP contribution in [0.2, 0.25) is 5.02 Å². The van der Waals surface area contributed by atoms with Gasteiger partial charge in [-0.05, 0) is 69.2 Å². The zero-order valence-electron chi connectivity index (χ0n) is 18.1. The highest BCUT2D eigenvalue weighted by atomic mass is 35.5. The molecule has 3 aromatic rings. The number of aromatic nitrogens is 2. The Hall–Kier alpha value is -2.43. The SMILES string of the molecule is CCN(CC)CCCC(C)Nc1nc(C=Cc2ccccc2)nc2cc(Cl)ccc12. The second-order valence-corrected chi connectivity index (χ2v) is 7.99. The second kappa shape index (κ2) is 11.1. The summed E-state index contributed by atoms with van der Waals surface area (Å²) in [5.41, 5.74) is 1.97. The van der Waals surface area contributed by atoms with E-state index in [-0.39, 0.29) is 0 Å². The minimum atomic E-state index is 0.320. The number of nitrogens with zero attached hydrogens (tertiary/aromatic N) is 3. The first kappa shape index (κ1) is 22.3. The molecule has 2 aromatic carbocycles. The molecule has 0 bridgehead atoms. The van der Waals surface area contributed by atoms with Crippen molar-refractivity contribution < 1.29 is 0 Å². The average molecular weight is 423 g/mol. The van der Waals surface area contributed by atoms with Crippen molar-refractivity contribution in [1.82, 2.24) is 14.9 Å². The van der Waals surface area contributed by atoms with Crippen molar-refractivity contribution in [2.45, 2.75) is 39.7 Å². The fourth-order valence-electron chi connectivity index (χ4n) is 3.51. The molecule has 1 N–H and O–H groups in total. The molecule has 1 unspecified atom stereocenters. The molecule has 3 rings (SSSR count). The summed E-state index contributed by atoms with van der Waals surface area (Å²) in [5.74, 6) is 1.53. The van der Waals surface area contributed by atoms with E-state index < -0.39 is 0 Å². The smallest absolute Gasteiger partial charge is 0.154 e. The molecule has 1 atom stereocenters. The lowest BCUT2D eigenvalue weighted by Gasteiger charge is -2.20. The van der Waals surface area contributed by atoms with Crippen molar-refractivity contribution >= 4 is 40.5 Å². The number of anilines is 1. The molecule has 0 saturated carbocycles. The lowest BCUT2D eigenvalue weighted by atomic mass is 10.1. The summed E-state index contributed by atoms with van der Waals surface area (Å²) >= 11 is 6.22. The topological polar surface area (TPSA) is 41.0 Å². The Labute approximate surface area is 185 Å². The molecule has 0 amide bonds. The second-order valence-electron chi connectivity index (χ2n) is 7.55. The van der Waals surface area contributed by atoms with E-state index in [1.165, 1.54) is 0 Å². The molecule has 0 aliphatic heterocycles. The Morgan fingerprint density at radius 2 is 1.80 bits per heavy atom. The summed E-state index contributed by atoms with van der Waals surface area (Å²) in [4.78, 5) is 12.0. The van der Waals surface area contributed by atoms with E-state index in [2.05, 4.69) is 43.1 Å². The third-order valence-corrected chi connectivity index (χ3v) is 5.52. The van der Waals surface area contributed by atoms with Gasteiger partial charge in [0.2, 0.25) is 0 Å². The first-order chi connectivity index (χ1) is 14.6. The van der Waals surface area contributed by atoms with Crippen LogP contribution in [-0.2, 0) is 0 Å². The third-order valence-electron chi connectivity index (χ3n) is 5.29. The van der Waals surface area contributed by atoms with Gasteiger partial charge in [-0.15, -0.1) is 0 Å². The van der Waals surface area contributed by atoms with Gasteiger partial charge in [0.15, 0.2) is 5.82 Å². The van der Waals surface area contributed by atoms with Gasteiger partial charge in [-0.1, -0.05) is 61.9 Å². The summed E-state index contributed by atoms with van der Waals surface area (Å²) in [6, 6.07) is 16.3. The summed E-state index contributed by atoms with van der Waals surface area (Å²) in [6.45, 7) is 9.98. The molecule has 0 aliphatic carbocycles. The average Bonchev–Trinajstić information content (AvgIpc) is 2.75. The van der Waals surface area contributed by atoms with Crippen LogP contribution < -0.4 is 5.32 Å². The van der Waals surface area contributed by atoms with Crippen LogP contribution >= 0.6 is 11.6 Å². The van der Waals surface area contributed by atoms with E-state index in [0.717, 1.165) is 54.8 Å². The van der Waals surface area contributed by atoms with Crippen LogP contribution in [0, 0.1) is 0 Å². The third kappa shape index (κ3) is 6.28. The van der Waals surface area contributed by atoms with Crippen LogP contribution in [0.5, 0.6) is 0 Å². The molecular formula is C25H31ClN4. The zero-order chi connectivity index (χ0) is 21.3. The fourth-order valence-corrected chi connectivity index (χ4v) is 3.67. The first-order valence-electron chi connectivity index (χ1n) is 10.8. The lowest BCUT2D eigenvalue weighted by Crippen LogP contribution is -2.25. The summed E-state index contributed by atoms with van der Waals surface area (Å²) < 4.78 is 0. The van der Waals surface area contributed by atoms with Crippen molar-refractivity contribution in [2.24, 2.45) is 0 Å². The van der Waals surface area contributed by atoms with Gasteiger partial charge in [-0.3, -0.25) is 0 Å². The summed E-state index contributed by atoms with van der Waals surface area (Å²) in [7, 11) is 0. The Kier molecular flexibility index (Phi) is 8.23. The molecule has 158 valence electrons. The zero-order valence-corrected chi connectivity index (χ0v) is 18.9.